The van der Waals surface area contributed by atoms with Gasteiger partial charge in [0, 0.05) is 11.9 Å². The lowest BCUT2D eigenvalue weighted by Gasteiger charge is -2.05. The molecule has 0 saturated heterocycles. The van der Waals surface area contributed by atoms with E-state index in [0.717, 1.165) is 12.8 Å². The van der Waals surface area contributed by atoms with Gasteiger partial charge in [-0.25, -0.2) is 4.98 Å². The van der Waals surface area contributed by atoms with Crippen LogP contribution in [0.4, 0.5) is 0 Å². The molecule has 1 aromatic heterocycles. The highest BCUT2D eigenvalue weighted by atomic mass is 14.9. The van der Waals surface area contributed by atoms with Crippen molar-refractivity contribution in [2.45, 2.75) is 26.7 Å². The number of hydrogen-bond acceptors (Lipinski definition) is 1. The summed E-state index contributed by atoms with van der Waals surface area (Å²) in [6, 6.07) is 6.64. The van der Waals surface area contributed by atoms with Gasteiger partial charge in [0.1, 0.15) is 0 Å². The fourth-order valence-corrected chi connectivity index (χ4v) is 1.82. The minimum Gasteiger partial charge on any atom is -0.348 e. The van der Waals surface area contributed by atoms with Crippen molar-refractivity contribution in [2.24, 2.45) is 0 Å². The number of rotatable bonds is 3. The number of aryl methyl sites for hydroxylation is 4. The summed E-state index contributed by atoms with van der Waals surface area (Å²) in [5, 5.41) is 0. The molecule has 15 heavy (non-hydrogen) atoms. The quantitative estimate of drug-likeness (QED) is 0.811. The first-order valence-electron chi connectivity index (χ1n) is 5.29. The number of H-pyrrole nitrogens is 1. The molecule has 2 nitrogen and oxygen atoms in total. The Bertz CT molecular complexity index is 430. The van der Waals surface area contributed by atoms with Crippen LogP contribution in [0.2, 0.25) is 0 Å². The standard InChI is InChI=1S/C13H16N2/c1-10-3-4-12(11(2)7-10)5-6-13-8-14-9-15-13/h3-4,7-9H,5-6H2,1-2H3,(H,14,15). The molecule has 0 saturated carbocycles. The van der Waals surface area contributed by atoms with Gasteiger partial charge in [0.2, 0.25) is 0 Å². The molecule has 0 aliphatic carbocycles. The molecule has 0 spiro atoms. The Balaban J connectivity index is 2.05. The third-order valence-electron chi connectivity index (χ3n) is 2.72. The molecular formula is C13H16N2. The maximum absolute atomic E-state index is 4.02. The van der Waals surface area contributed by atoms with Crippen LogP contribution in [0.1, 0.15) is 22.4 Å². The highest BCUT2D eigenvalue weighted by Crippen LogP contribution is 2.12. The number of nitrogens with one attached hydrogen (secondary N) is 1. The SMILES string of the molecule is Cc1ccc(CCc2cnc[nH]2)c(C)c1. The van der Waals surface area contributed by atoms with Crippen LogP contribution in [0, 0.1) is 13.8 Å². The van der Waals surface area contributed by atoms with Gasteiger partial charge in [0.25, 0.3) is 0 Å². The smallest absolute Gasteiger partial charge is 0.0921 e. The van der Waals surface area contributed by atoms with Crippen LogP contribution in [0.25, 0.3) is 0 Å². The van der Waals surface area contributed by atoms with Gasteiger partial charge >= 0.3 is 0 Å². The van der Waals surface area contributed by atoms with Gasteiger partial charge in [-0.1, -0.05) is 23.8 Å². The molecule has 0 bridgehead atoms. The predicted molar refractivity (Wildman–Crippen MR) is 61.9 cm³/mol. The second kappa shape index (κ2) is 4.30. The first-order chi connectivity index (χ1) is 7.25. The summed E-state index contributed by atoms with van der Waals surface area (Å²) in [6.45, 7) is 4.31. The number of nitrogens with zero attached hydrogens (tertiary/aromatic N) is 1. The van der Waals surface area contributed by atoms with Gasteiger partial charge in [-0.3, -0.25) is 0 Å². The summed E-state index contributed by atoms with van der Waals surface area (Å²) in [6.07, 6.45) is 5.74. The van der Waals surface area contributed by atoms with Gasteiger partial charge in [-0.15, -0.1) is 0 Å². The Morgan fingerprint density at radius 3 is 2.73 bits per heavy atom. The lowest BCUT2D eigenvalue weighted by Crippen LogP contribution is -1.94. The lowest BCUT2D eigenvalue weighted by molar-refractivity contribution is 0.916. The van der Waals surface area contributed by atoms with Crippen molar-refractivity contribution in [3.63, 3.8) is 0 Å². The van der Waals surface area contributed by atoms with Gasteiger partial charge in [-0.2, -0.15) is 0 Å². The van der Waals surface area contributed by atoms with Crippen molar-refractivity contribution in [3.05, 3.63) is 53.1 Å². The highest BCUT2D eigenvalue weighted by Gasteiger charge is 2.00. The fourth-order valence-electron chi connectivity index (χ4n) is 1.82. The number of aromatic amines is 1. The van der Waals surface area contributed by atoms with Crippen LogP contribution >= 0.6 is 0 Å². The van der Waals surface area contributed by atoms with Crippen molar-refractivity contribution in [1.82, 2.24) is 9.97 Å². The van der Waals surface area contributed by atoms with Gasteiger partial charge in [0.15, 0.2) is 0 Å². The van der Waals surface area contributed by atoms with E-state index in [-0.39, 0.29) is 0 Å². The first kappa shape index (κ1) is 9.97. The summed E-state index contributed by atoms with van der Waals surface area (Å²) in [5.74, 6) is 0. The van der Waals surface area contributed by atoms with Crippen molar-refractivity contribution < 1.29 is 0 Å². The third-order valence-corrected chi connectivity index (χ3v) is 2.72. The van der Waals surface area contributed by atoms with E-state index in [1.54, 1.807) is 6.33 Å². The summed E-state index contributed by atoms with van der Waals surface area (Å²) < 4.78 is 0. The summed E-state index contributed by atoms with van der Waals surface area (Å²) >= 11 is 0. The summed E-state index contributed by atoms with van der Waals surface area (Å²) in [7, 11) is 0. The number of benzene rings is 1. The molecule has 1 heterocycles. The van der Waals surface area contributed by atoms with Crippen molar-refractivity contribution in [1.29, 1.82) is 0 Å². The van der Waals surface area contributed by atoms with E-state index in [1.807, 2.05) is 6.20 Å². The molecule has 2 heteroatoms. The fraction of sp³-hybridized carbons (Fsp3) is 0.308. The van der Waals surface area contributed by atoms with E-state index in [2.05, 4.69) is 42.0 Å². The average Bonchev–Trinajstić information content (AvgIpc) is 2.69. The number of hydrogen-bond donors (Lipinski definition) is 1. The van der Waals surface area contributed by atoms with Gasteiger partial charge < -0.3 is 4.98 Å². The maximum Gasteiger partial charge on any atom is 0.0921 e. The molecule has 2 aromatic rings. The zero-order valence-corrected chi connectivity index (χ0v) is 9.25. The Morgan fingerprint density at radius 1 is 1.20 bits per heavy atom. The molecule has 0 aliphatic rings. The molecule has 0 aliphatic heterocycles. The molecular weight excluding hydrogens is 184 g/mol. The van der Waals surface area contributed by atoms with Crippen LogP contribution in [-0.2, 0) is 12.8 Å². The molecule has 0 unspecified atom stereocenters. The first-order valence-corrected chi connectivity index (χ1v) is 5.29. The zero-order valence-electron chi connectivity index (χ0n) is 9.25. The van der Waals surface area contributed by atoms with E-state index < -0.39 is 0 Å². The normalized spacial score (nSPS) is 10.5. The lowest BCUT2D eigenvalue weighted by atomic mass is 10.0. The van der Waals surface area contributed by atoms with Crippen molar-refractivity contribution in [3.8, 4) is 0 Å². The topological polar surface area (TPSA) is 28.7 Å². The second-order valence-electron chi connectivity index (χ2n) is 4.01. The van der Waals surface area contributed by atoms with Crippen LogP contribution in [0.3, 0.4) is 0 Å². The van der Waals surface area contributed by atoms with Crippen molar-refractivity contribution in [2.75, 3.05) is 0 Å². The molecule has 1 N–H and O–H groups in total. The van der Waals surface area contributed by atoms with E-state index in [9.17, 15) is 0 Å². The molecule has 2 rings (SSSR count). The summed E-state index contributed by atoms with van der Waals surface area (Å²) in [5.41, 5.74) is 5.34. The molecule has 1 aromatic carbocycles. The minimum atomic E-state index is 1.03. The van der Waals surface area contributed by atoms with E-state index in [1.165, 1.54) is 22.4 Å². The van der Waals surface area contributed by atoms with Crippen LogP contribution in [0.15, 0.2) is 30.7 Å². The third kappa shape index (κ3) is 2.46. The Labute approximate surface area is 90.4 Å². The Hall–Kier alpha value is -1.57. The average molecular weight is 200 g/mol. The van der Waals surface area contributed by atoms with Crippen LogP contribution in [-0.4, -0.2) is 9.97 Å². The zero-order chi connectivity index (χ0) is 10.7. The Morgan fingerprint density at radius 2 is 2.07 bits per heavy atom. The molecule has 0 fully saturated rings. The molecule has 0 radical (unpaired) electrons. The van der Waals surface area contributed by atoms with Gasteiger partial charge in [0.05, 0.1) is 6.33 Å². The molecule has 0 amide bonds. The van der Waals surface area contributed by atoms with Crippen LogP contribution < -0.4 is 0 Å². The predicted octanol–water partition coefficient (Wildman–Crippen LogP) is 2.81. The minimum absolute atomic E-state index is 1.03. The van der Waals surface area contributed by atoms with Gasteiger partial charge in [-0.05, 0) is 37.8 Å². The molecule has 78 valence electrons. The van der Waals surface area contributed by atoms with Crippen LogP contribution in [0.5, 0.6) is 0 Å². The number of imidazole rings is 1. The largest absolute Gasteiger partial charge is 0.348 e. The van der Waals surface area contributed by atoms with E-state index in [0.29, 0.717) is 0 Å². The van der Waals surface area contributed by atoms with E-state index >= 15 is 0 Å². The second-order valence-corrected chi connectivity index (χ2v) is 4.01. The monoisotopic (exact) mass is 200 g/mol. The molecule has 0 atom stereocenters. The maximum atomic E-state index is 4.02. The van der Waals surface area contributed by atoms with Crippen molar-refractivity contribution >= 4 is 0 Å². The van der Waals surface area contributed by atoms with E-state index in [4.69, 9.17) is 0 Å². The Kier molecular flexibility index (Phi) is 2.86. The number of aromatic nitrogens is 2. The highest BCUT2D eigenvalue weighted by molar-refractivity contribution is 5.30. The summed E-state index contributed by atoms with van der Waals surface area (Å²) in [4.78, 5) is 7.14.